The molecule has 0 aliphatic carbocycles. The van der Waals surface area contributed by atoms with Gasteiger partial charge in [-0.1, -0.05) is 18.2 Å². The maximum Gasteiger partial charge on any atom is 0.246 e. The van der Waals surface area contributed by atoms with E-state index in [1.165, 1.54) is 9.20 Å². The van der Waals surface area contributed by atoms with Gasteiger partial charge in [-0.2, -0.15) is 4.31 Å². The molecule has 0 radical (unpaired) electrons. The van der Waals surface area contributed by atoms with Gasteiger partial charge in [0, 0.05) is 37.2 Å². The summed E-state index contributed by atoms with van der Waals surface area (Å²) in [6, 6.07) is 13.2. The lowest BCUT2D eigenvalue weighted by Gasteiger charge is -2.33. The fourth-order valence-corrected chi connectivity index (χ4v) is 5.08. The highest BCUT2D eigenvalue weighted by Crippen LogP contribution is 2.21. The monoisotopic (exact) mass is 430 g/mol. The second-order valence-electron chi connectivity index (χ2n) is 7.08. The molecule has 7 heteroatoms. The van der Waals surface area contributed by atoms with Crippen LogP contribution in [-0.4, -0.2) is 56.0 Å². The molecule has 0 N–H and O–H groups in total. The fourth-order valence-electron chi connectivity index (χ4n) is 3.16. The van der Waals surface area contributed by atoms with E-state index in [0.29, 0.717) is 31.1 Å². The smallest absolute Gasteiger partial charge is 0.246 e. The molecule has 154 valence electrons. The van der Waals surface area contributed by atoms with Gasteiger partial charge in [-0.25, -0.2) is 8.42 Å². The molecule has 1 fully saturated rings. The number of hydrogen-bond donors (Lipinski definition) is 0. The highest BCUT2D eigenvalue weighted by molar-refractivity contribution is 7.98. The van der Waals surface area contributed by atoms with E-state index in [1.807, 2.05) is 50.4 Å². The van der Waals surface area contributed by atoms with Crippen LogP contribution < -0.4 is 0 Å². The van der Waals surface area contributed by atoms with E-state index >= 15 is 0 Å². The van der Waals surface area contributed by atoms with Gasteiger partial charge in [0.2, 0.25) is 15.9 Å². The molecule has 29 heavy (non-hydrogen) atoms. The topological polar surface area (TPSA) is 57.7 Å². The molecule has 1 saturated heterocycles. The van der Waals surface area contributed by atoms with Crippen LogP contribution >= 0.6 is 11.8 Å². The molecular weight excluding hydrogens is 404 g/mol. The average Bonchev–Trinajstić information content (AvgIpc) is 2.74. The van der Waals surface area contributed by atoms with E-state index < -0.39 is 10.0 Å². The van der Waals surface area contributed by atoms with Gasteiger partial charge in [0.15, 0.2) is 0 Å². The second-order valence-corrected chi connectivity index (χ2v) is 9.90. The van der Waals surface area contributed by atoms with E-state index in [1.54, 1.807) is 40.9 Å². The molecule has 2 aromatic carbocycles. The summed E-state index contributed by atoms with van der Waals surface area (Å²) < 4.78 is 27.3. The lowest BCUT2D eigenvalue weighted by atomic mass is 10.1. The van der Waals surface area contributed by atoms with Crippen molar-refractivity contribution in [3.63, 3.8) is 0 Å². The Bertz CT molecular complexity index is 1010. The van der Waals surface area contributed by atoms with Crippen molar-refractivity contribution in [1.82, 2.24) is 9.21 Å². The molecule has 0 saturated carbocycles. The number of nitrogens with zero attached hydrogens (tertiary/aromatic N) is 2. The largest absolute Gasteiger partial charge is 0.337 e. The number of sulfonamides is 1. The Morgan fingerprint density at radius 2 is 1.62 bits per heavy atom. The number of thioether (sulfide) groups is 1. The Morgan fingerprint density at radius 1 is 0.966 bits per heavy atom. The fraction of sp³-hybridized carbons (Fsp3) is 0.318. The quantitative estimate of drug-likeness (QED) is 0.538. The zero-order valence-electron chi connectivity index (χ0n) is 17.0. The average molecular weight is 431 g/mol. The molecule has 0 bridgehead atoms. The number of rotatable bonds is 5. The Kier molecular flexibility index (Phi) is 6.82. The molecular formula is C22H26N2O3S2. The van der Waals surface area contributed by atoms with Crippen LogP contribution in [-0.2, 0) is 14.8 Å². The molecule has 0 unspecified atom stereocenters. The van der Waals surface area contributed by atoms with Gasteiger partial charge in [0.05, 0.1) is 4.90 Å². The predicted octanol–water partition coefficient (Wildman–Crippen LogP) is 3.57. The maximum absolute atomic E-state index is 12.9. The van der Waals surface area contributed by atoms with Crippen LogP contribution in [0.15, 0.2) is 58.3 Å². The molecule has 1 amide bonds. The molecule has 1 aliphatic heterocycles. The van der Waals surface area contributed by atoms with E-state index in [0.717, 1.165) is 16.7 Å². The molecule has 0 atom stereocenters. The summed E-state index contributed by atoms with van der Waals surface area (Å²) in [5.74, 6) is -0.0952. The summed E-state index contributed by atoms with van der Waals surface area (Å²) in [6.45, 7) is 5.25. The van der Waals surface area contributed by atoms with Gasteiger partial charge in [0.1, 0.15) is 0 Å². The molecule has 0 aromatic heterocycles. The molecule has 0 spiro atoms. The first-order chi connectivity index (χ1) is 13.8. The molecule has 1 aliphatic rings. The zero-order chi connectivity index (χ0) is 21.0. The standard InChI is InChI=1S/C22H26N2O3S2/c1-17-4-10-21(16-18(17)2)29(26,27)24-14-12-23(13-15-24)22(25)11-7-19-5-8-20(28-3)9-6-19/h4-11,16H,12-15H2,1-3H3/b11-7+. The van der Waals surface area contributed by atoms with Gasteiger partial charge in [-0.3, -0.25) is 4.79 Å². The van der Waals surface area contributed by atoms with Crippen LogP contribution in [0.2, 0.25) is 0 Å². The summed E-state index contributed by atoms with van der Waals surface area (Å²) in [5.41, 5.74) is 2.98. The number of benzene rings is 2. The van der Waals surface area contributed by atoms with Gasteiger partial charge < -0.3 is 4.90 Å². The number of carbonyl (C=O) groups is 1. The Hall–Kier alpha value is -2.09. The zero-order valence-corrected chi connectivity index (χ0v) is 18.6. The molecule has 3 rings (SSSR count). The molecule has 1 heterocycles. The molecule has 5 nitrogen and oxygen atoms in total. The Morgan fingerprint density at radius 3 is 2.21 bits per heavy atom. The van der Waals surface area contributed by atoms with Crippen LogP contribution in [0.3, 0.4) is 0 Å². The summed E-state index contributed by atoms with van der Waals surface area (Å²) in [7, 11) is -3.54. The number of carbonyl (C=O) groups excluding carboxylic acids is 1. The highest BCUT2D eigenvalue weighted by Gasteiger charge is 2.29. The van der Waals surface area contributed by atoms with Crippen molar-refractivity contribution in [1.29, 1.82) is 0 Å². The van der Waals surface area contributed by atoms with Crippen molar-refractivity contribution in [2.75, 3.05) is 32.4 Å². The van der Waals surface area contributed by atoms with Crippen LogP contribution in [0.25, 0.3) is 6.08 Å². The SMILES string of the molecule is CSc1ccc(/C=C/C(=O)N2CCN(S(=O)(=O)c3ccc(C)c(C)c3)CC2)cc1. The lowest BCUT2D eigenvalue weighted by Crippen LogP contribution is -2.50. The van der Waals surface area contributed by atoms with Crippen molar-refractivity contribution in [2.45, 2.75) is 23.6 Å². The predicted molar refractivity (Wildman–Crippen MR) is 119 cm³/mol. The second kappa shape index (κ2) is 9.15. The minimum absolute atomic E-state index is 0.0952. The number of amides is 1. The minimum atomic E-state index is -3.54. The van der Waals surface area contributed by atoms with E-state index in [4.69, 9.17) is 0 Å². The van der Waals surface area contributed by atoms with E-state index in [9.17, 15) is 13.2 Å². The van der Waals surface area contributed by atoms with Crippen LogP contribution in [0, 0.1) is 13.8 Å². The van der Waals surface area contributed by atoms with Crippen molar-refractivity contribution >= 4 is 33.8 Å². The minimum Gasteiger partial charge on any atom is -0.337 e. The van der Waals surface area contributed by atoms with Gasteiger partial charge in [0.25, 0.3) is 0 Å². The Labute approximate surface area is 177 Å². The third kappa shape index (κ3) is 5.10. The third-order valence-corrected chi connectivity index (χ3v) is 7.84. The number of piperazine rings is 1. The highest BCUT2D eigenvalue weighted by atomic mass is 32.2. The number of hydrogen-bond acceptors (Lipinski definition) is 4. The summed E-state index contributed by atoms with van der Waals surface area (Å²) >= 11 is 1.67. The van der Waals surface area contributed by atoms with Crippen LogP contribution in [0.4, 0.5) is 0 Å². The van der Waals surface area contributed by atoms with Gasteiger partial charge in [-0.05, 0) is 67.1 Å². The first kappa shape index (κ1) is 21.6. The van der Waals surface area contributed by atoms with Crippen molar-refractivity contribution in [3.8, 4) is 0 Å². The van der Waals surface area contributed by atoms with Crippen molar-refractivity contribution < 1.29 is 13.2 Å². The molecule has 2 aromatic rings. The summed E-state index contributed by atoms with van der Waals surface area (Å²) in [6.07, 6.45) is 5.38. The van der Waals surface area contributed by atoms with E-state index in [-0.39, 0.29) is 5.91 Å². The summed E-state index contributed by atoms with van der Waals surface area (Å²) in [5, 5.41) is 0. The van der Waals surface area contributed by atoms with E-state index in [2.05, 4.69) is 0 Å². The van der Waals surface area contributed by atoms with Crippen molar-refractivity contribution in [3.05, 3.63) is 65.2 Å². The summed E-state index contributed by atoms with van der Waals surface area (Å²) in [4.78, 5) is 15.7. The Balaban J connectivity index is 1.61. The maximum atomic E-state index is 12.9. The van der Waals surface area contributed by atoms with Gasteiger partial charge in [-0.15, -0.1) is 11.8 Å². The first-order valence-corrected chi connectivity index (χ1v) is 12.2. The first-order valence-electron chi connectivity index (χ1n) is 9.50. The van der Waals surface area contributed by atoms with Crippen LogP contribution in [0.1, 0.15) is 16.7 Å². The van der Waals surface area contributed by atoms with Crippen LogP contribution in [0.5, 0.6) is 0 Å². The third-order valence-electron chi connectivity index (χ3n) is 5.20. The van der Waals surface area contributed by atoms with Gasteiger partial charge >= 0.3 is 0 Å². The normalized spacial score (nSPS) is 15.8. The number of aryl methyl sites for hydroxylation is 2. The lowest BCUT2D eigenvalue weighted by molar-refractivity contribution is -0.127. The van der Waals surface area contributed by atoms with Crippen molar-refractivity contribution in [2.24, 2.45) is 0 Å².